The van der Waals surface area contributed by atoms with E-state index in [9.17, 15) is 19.5 Å². The fraction of sp³-hybridized carbons (Fsp3) is 0.318. The molecule has 7 nitrogen and oxygen atoms in total. The molecule has 156 valence electrons. The van der Waals surface area contributed by atoms with Crippen molar-refractivity contribution in [3.63, 3.8) is 0 Å². The van der Waals surface area contributed by atoms with Gasteiger partial charge in [-0.3, -0.25) is 14.4 Å². The fourth-order valence-corrected chi connectivity index (χ4v) is 4.67. The fourth-order valence-electron chi connectivity index (χ4n) is 4.55. The number of carboxylic acid groups (broad SMARTS) is 1. The summed E-state index contributed by atoms with van der Waals surface area (Å²) in [4.78, 5) is 36.6. The second-order valence-corrected chi connectivity index (χ2v) is 8.10. The second kappa shape index (κ2) is 7.65. The lowest BCUT2D eigenvalue weighted by Crippen LogP contribution is -2.47. The number of hydrogen-bond donors (Lipinski definition) is 3. The predicted molar refractivity (Wildman–Crippen MR) is 111 cm³/mol. The van der Waals surface area contributed by atoms with Crippen LogP contribution in [0.5, 0.6) is 0 Å². The van der Waals surface area contributed by atoms with Gasteiger partial charge in [-0.05, 0) is 42.7 Å². The number of aliphatic hydroxyl groups is 1. The SMILES string of the molecule is O=C(O)CNC(=O)C1=C(O)C2(CCCCC2)n2c(ccc2-c2ccc(Cl)cc2)C1=O. The molecular weight excluding hydrogens is 408 g/mol. The monoisotopic (exact) mass is 428 g/mol. The number of aliphatic carboxylic acids is 1. The van der Waals surface area contributed by atoms with Gasteiger partial charge in [-0.2, -0.15) is 0 Å². The maximum absolute atomic E-state index is 13.2. The molecule has 1 amide bonds. The van der Waals surface area contributed by atoms with Crippen LogP contribution >= 0.6 is 11.6 Å². The van der Waals surface area contributed by atoms with Crippen molar-refractivity contribution in [2.45, 2.75) is 37.6 Å². The molecule has 0 bridgehead atoms. The van der Waals surface area contributed by atoms with Crippen LogP contribution in [0, 0.1) is 0 Å². The number of carbonyl (C=O) groups is 3. The number of benzene rings is 1. The molecule has 30 heavy (non-hydrogen) atoms. The van der Waals surface area contributed by atoms with E-state index < -0.39 is 29.7 Å². The number of carbonyl (C=O) groups excluding carboxylic acids is 2. The van der Waals surface area contributed by atoms with E-state index in [0.29, 0.717) is 23.6 Å². The zero-order valence-electron chi connectivity index (χ0n) is 16.2. The van der Waals surface area contributed by atoms with Crippen molar-refractivity contribution in [1.82, 2.24) is 9.88 Å². The van der Waals surface area contributed by atoms with Gasteiger partial charge in [-0.1, -0.05) is 43.0 Å². The minimum Gasteiger partial charge on any atom is -0.509 e. The van der Waals surface area contributed by atoms with Crippen molar-refractivity contribution in [2.24, 2.45) is 0 Å². The number of Topliss-reactive ketones (excluding diaryl/α,β-unsaturated/α-hetero) is 1. The third kappa shape index (κ3) is 3.19. The van der Waals surface area contributed by atoms with Gasteiger partial charge >= 0.3 is 5.97 Å². The highest BCUT2D eigenvalue weighted by Gasteiger charge is 2.49. The topological polar surface area (TPSA) is 109 Å². The summed E-state index contributed by atoms with van der Waals surface area (Å²) in [6, 6.07) is 10.7. The summed E-state index contributed by atoms with van der Waals surface area (Å²) in [5.74, 6) is -3.00. The first-order valence-corrected chi connectivity index (χ1v) is 10.2. The van der Waals surface area contributed by atoms with Gasteiger partial charge in [0.25, 0.3) is 5.91 Å². The number of aromatic nitrogens is 1. The van der Waals surface area contributed by atoms with Gasteiger partial charge in [-0.25, -0.2) is 0 Å². The number of carboxylic acids is 1. The van der Waals surface area contributed by atoms with Gasteiger partial charge in [0.1, 0.15) is 23.4 Å². The largest absolute Gasteiger partial charge is 0.509 e. The van der Waals surface area contributed by atoms with E-state index >= 15 is 0 Å². The van der Waals surface area contributed by atoms with E-state index in [1.165, 1.54) is 0 Å². The lowest BCUT2D eigenvalue weighted by Gasteiger charge is -2.43. The molecule has 0 unspecified atom stereocenters. The maximum atomic E-state index is 13.2. The Balaban J connectivity index is 1.88. The summed E-state index contributed by atoms with van der Waals surface area (Å²) in [6.07, 6.45) is 3.81. The average Bonchev–Trinajstić information content (AvgIpc) is 3.18. The number of nitrogens with one attached hydrogen (secondary N) is 1. The lowest BCUT2D eigenvalue weighted by atomic mass is 9.75. The summed E-state index contributed by atoms with van der Waals surface area (Å²) in [5.41, 5.74) is 0.616. The zero-order chi connectivity index (χ0) is 21.5. The number of nitrogens with zero attached hydrogens (tertiary/aromatic N) is 1. The Kier molecular flexibility index (Phi) is 5.15. The van der Waals surface area contributed by atoms with Crippen LogP contribution in [-0.2, 0) is 15.1 Å². The van der Waals surface area contributed by atoms with Crippen molar-refractivity contribution in [3.8, 4) is 11.3 Å². The molecule has 2 aromatic rings. The van der Waals surface area contributed by atoms with Crippen LogP contribution in [0.4, 0.5) is 0 Å². The number of hydrogen-bond acceptors (Lipinski definition) is 4. The van der Waals surface area contributed by atoms with Crippen LogP contribution in [-0.4, -0.2) is 39.0 Å². The highest BCUT2D eigenvalue weighted by molar-refractivity contribution is 6.30. The van der Waals surface area contributed by atoms with E-state index in [1.807, 2.05) is 16.7 Å². The first-order chi connectivity index (χ1) is 14.3. The lowest BCUT2D eigenvalue weighted by molar-refractivity contribution is -0.137. The number of allylic oxidation sites excluding steroid dienone is 1. The number of ketones is 1. The van der Waals surface area contributed by atoms with Crippen LogP contribution in [0.1, 0.15) is 42.6 Å². The van der Waals surface area contributed by atoms with Crippen molar-refractivity contribution in [2.75, 3.05) is 6.54 Å². The molecule has 1 aliphatic carbocycles. The van der Waals surface area contributed by atoms with Crippen molar-refractivity contribution >= 4 is 29.3 Å². The quantitative estimate of drug-likeness (QED) is 0.644. The molecular formula is C22H21ClN2O5. The van der Waals surface area contributed by atoms with E-state index in [2.05, 4.69) is 5.32 Å². The standard InChI is InChI=1S/C22H21ClN2O5/c23-14-6-4-13(5-7-14)15-8-9-16-19(28)18(21(30)24-12-17(26)27)20(29)22(25(15)16)10-2-1-3-11-22/h4-9,29H,1-3,10-12H2,(H,24,30)(H,26,27). The van der Waals surface area contributed by atoms with Crippen LogP contribution < -0.4 is 5.32 Å². The van der Waals surface area contributed by atoms with Crippen LogP contribution in [0.2, 0.25) is 5.02 Å². The van der Waals surface area contributed by atoms with Crippen LogP contribution in [0.25, 0.3) is 11.3 Å². The Morgan fingerprint density at radius 2 is 1.67 bits per heavy atom. The first kappa shape index (κ1) is 20.2. The number of amides is 1. The third-order valence-corrected chi connectivity index (χ3v) is 6.15. The number of rotatable bonds is 4. The Hall–Kier alpha value is -3.06. The van der Waals surface area contributed by atoms with Gasteiger partial charge < -0.3 is 20.1 Å². The summed E-state index contributed by atoms with van der Waals surface area (Å²) in [6.45, 7) is -0.632. The number of fused-ring (bicyclic) bond motifs is 2. The molecule has 8 heteroatoms. The van der Waals surface area contributed by atoms with E-state index in [-0.39, 0.29) is 11.3 Å². The highest BCUT2D eigenvalue weighted by Crippen LogP contribution is 2.48. The van der Waals surface area contributed by atoms with Crippen molar-refractivity contribution in [1.29, 1.82) is 0 Å². The Bertz CT molecular complexity index is 1060. The molecule has 0 radical (unpaired) electrons. The van der Waals surface area contributed by atoms with Gasteiger partial charge in [0.15, 0.2) is 0 Å². The van der Waals surface area contributed by atoms with E-state index in [1.54, 1.807) is 24.3 Å². The summed E-state index contributed by atoms with van der Waals surface area (Å²) < 4.78 is 1.85. The molecule has 1 fully saturated rings. The molecule has 1 saturated carbocycles. The van der Waals surface area contributed by atoms with Gasteiger partial charge in [0, 0.05) is 10.7 Å². The van der Waals surface area contributed by atoms with Crippen molar-refractivity contribution < 1.29 is 24.6 Å². The molecule has 1 aromatic heterocycles. The predicted octanol–water partition coefficient (Wildman–Crippen LogP) is 3.68. The molecule has 4 rings (SSSR count). The molecule has 1 aliphatic heterocycles. The summed E-state index contributed by atoms with van der Waals surface area (Å²) in [5, 5.41) is 22.9. The minimum atomic E-state index is -1.23. The molecule has 2 aliphatic rings. The maximum Gasteiger partial charge on any atom is 0.322 e. The van der Waals surface area contributed by atoms with Gasteiger partial charge in [0.2, 0.25) is 5.78 Å². The molecule has 2 heterocycles. The molecule has 3 N–H and O–H groups in total. The second-order valence-electron chi connectivity index (χ2n) is 7.67. The minimum absolute atomic E-state index is 0.283. The Labute approximate surface area is 178 Å². The molecule has 1 spiro atoms. The summed E-state index contributed by atoms with van der Waals surface area (Å²) in [7, 11) is 0. The normalized spacial score (nSPS) is 17.7. The molecule has 0 atom stereocenters. The van der Waals surface area contributed by atoms with E-state index in [4.69, 9.17) is 16.7 Å². The van der Waals surface area contributed by atoms with E-state index in [0.717, 1.165) is 30.5 Å². The van der Waals surface area contributed by atoms with Crippen LogP contribution in [0.3, 0.4) is 0 Å². The number of halogens is 1. The summed E-state index contributed by atoms with van der Waals surface area (Å²) >= 11 is 6.02. The van der Waals surface area contributed by atoms with Crippen molar-refractivity contribution in [3.05, 3.63) is 58.4 Å². The first-order valence-electron chi connectivity index (χ1n) is 9.82. The Morgan fingerprint density at radius 1 is 1.03 bits per heavy atom. The average molecular weight is 429 g/mol. The zero-order valence-corrected chi connectivity index (χ0v) is 16.9. The smallest absolute Gasteiger partial charge is 0.322 e. The van der Waals surface area contributed by atoms with Gasteiger partial charge in [0.05, 0.1) is 5.69 Å². The molecule has 1 aromatic carbocycles. The van der Waals surface area contributed by atoms with Gasteiger partial charge in [-0.15, -0.1) is 0 Å². The molecule has 0 saturated heterocycles. The Morgan fingerprint density at radius 3 is 2.30 bits per heavy atom. The highest BCUT2D eigenvalue weighted by atomic mass is 35.5. The third-order valence-electron chi connectivity index (χ3n) is 5.89. The number of aliphatic hydroxyl groups excluding tert-OH is 1. The van der Waals surface area contributed by atoms with Crippen LogP contribution in [0.15, 0.2) is 47.7 Å².